The van der Waals surface area contributed by atoms with Crippen LogP contribution in [0.2, 0.25) is 0 Å². The lowest BCUT2D eigenvalue weighted by Crippen LogP contribution is -2.11. The zero-order valence-corrected chi connectivity index (χ0v) is 17.8. The van der Waals surface area contributed by atoms with Crippen LogP contribution in [-0.4, -0.2) is 10.5 Å². The Hall–Kier alpha value is -2.89. The number of rotatable bonds is 4. The summed E-state index contributed by atoms with van der Waals surface area (Å²) in [5.74, 6) is -0.403. The highest BCUT2D eigenvalue weighted by molar-refractivity contribution is 9.10. The molecule has 29 heavy (non-hydrogen) atoms. The van der Waals surface area contributed by atoms with Gasteiger partial charge in [-0.1, -0.05) is 52.3 Å². The van der Waals surface area contributed by atoms with Crippen LogP contribution in [0.4, 0.5) is 0 Å². The van der Waals surface area contributed by atoms with Gasteiger partial charge in [-0.2, -0.15) is 0 Å². The molecule has 5 rings (SSSR count). The number of benzene rings is 3. The Labute approximate surface area is 180 Å². The highest BCUT2D eigenvalue weighted by Gasteiger charge is 2.17. The van der Waals surface area contributed by atoms with E-state index in [9.17, 15) is 4.79 Å². The third kappa shape index (κ3) is 3.16. The molecular weight excluding hydrogens is 444 g/mol. The lowest BCUT2D eigenvalue weighted by atomic mass is 10.0. The number of hydrogen-bond acceptors (Lipinski definition) is 2. The molecule has 0 spiro atoms. The Bertz CT molecular complexity index is 1370. The molecule has 3 nitrogen and oxygen atoms in total. The molecule has 2 N–H and O–H groups in total. The monoisotopic (exact) mass is 460 g/mol. The van der Waals surface area contributed by atoms with Crippen molar-refractivity contribution in [2.75, 3.05) is 0 Å². The van der Waals surface area contributed by atoms with Crippen LogP contribution < -0.4 is 5.73 Å². The standard InChI is InChI=1S/C24H17BrN2OS/c25-17-5-1-4-15(12-17)14-27-20-7-2-6-19(24(26)28)23(20)18-10-9-16(13-21(18)27)22-8-3-11-29-22/h1-13H,14H2,(H2,26,28). The SMILES string of the molecule is NC(=O)c1cccc2c1c1ccc(-c3cccs3)cc1n2Cc1cccc(Br)c1. The van der Waals surface area contributed by atoms with Crippen LogP contribution >= 0.6 is 27.3 Å². The van der Waals surface area contributed by atoms with Gasteiger partial charge in [-0.05, 0) is 52.9 Å². The number of nitrogens with zero attached hydrogens (tertiary/aromatic N) is 1. The molecule has 0 aliphatic carbocycles. The summed E-state index contributed by atoms with van der Waals surface area (Å²) >= 11 is 5.29. The molecule has 2 aromatic heterocycles. The molecule has 0 aliphatic rings. The maximum Gasteiger partial charge on any atom is 0.249 e. The number of aromatic nitrogens is 1. The Kier molecular flexibility index (Phi) is 4.49. The molecule has 0 fully saturated rings. The summed E-state index contributed by atoms with van der Waals surface area (Å²) in [6.45, 7) is 0.704. The van der Waals surface area contributed by atoms with E-state index in [0.717, 1.165) is 26.3 Å². The number of fused-ring (bicyclic) bond motifs is 3. The van der Waals surface area contributed by atoms with E-state index in [0.29, 0.717) is 12.1 Å². The van der Waals surface area contributed by atoms with Gasteiger partial charge < -0.3 is 10.3 Å². The highest BCUT2D eigenvalue weighted by Crippen LogP contribution is 2.36. The summed E-state index contributed by atoms with van der Waals surface area (Å²) in [7, 11) is 0. The molecule has 0 radical (unpaired) electrons. The number of hydrogen-bond donors (Lipinski definition) is 1. The van der Waals surface area contributed by atoms with Crippen LogP contribution in [0.15, 0.2) is 82.6 Å². The van der Waals surface area contributed by atoms with Crippen molar-refractivity contribution in [3.63, 3.8) is 0 Å². The Balaban J connectivity index is 1.82. The zero-order valence-electron chi connectivity index (χ0n) is 15.4. The average molecular weight is 461 g/mol. The third-order valence-corrected chi connectivity index (χ3v) is 6.60. The molecule has 0 aliphatic heterocycles. The van der Waals surface area contributed by atoms with Gasteiger partial charge in [0, 0.05) is 32.2 Å². The molecule has 3 aromatic carbocycles. The second-order valence-corrected chi connectivity index (χ2v) is 8.85. The van der Waals surface area contributed by atoms with Crippen molar-refractivity contribution < 1.29 is 4.79 Å². The minimum atomic E-state index is -0.403. The predicted octanol–water partition coefficient (Wildman–Crippen LogP) is 6.43. The van der Waals surface area contributed by atoms with Gasteiger partial charge in [0.25, 0.3) is 0 Å². The first-order chi connectivity index (χ1) is 14.1. The first-order valence-corrected chi connectivity index (χ1v) is 10.9. The summed E-state index contributed by atoms with van der Waals surface area (Å²) in [4.78, 5) is 13.4. The van der Waals surface area contributed by atoms with Crippen LogP contribution in [0.3, 0.4) is 0 Å². The van der Waals surface area contributed by atoms with Crippen LogP contribution in [0, 0.1) is 0 Å². The van der Waals surface area contributed by atoms with E-state index in [1.807, 2.05) is 18.2 Å². The summed E-state index contributed by atoms with van der Waals surface area (Å²) in [6, 6.07) is 24.7. The summed E-state index contributed by atoms with van der Waals surface area (Å²) in [5.41, 5.74) is 10.7. The quantitative estimate of drug-likeness (QED) is 0.329. The van der Waals surface area contributed by atoms with Crippen molar-refractivity contribution in [2.45, 2.75) is 6.54 Å². The van der Waals surface area contributed by atoms with E-state index in [2.05, 4.69) is 74.4 Å². The Morgan fingerprint density at radius 1 is 0.966 bits per heavy atom. The molecule has 0 bridgehead atoms. The summed E-state index contributed by atoms with van der Waals surface area (Å²) < 4.78 is 3.32. The van der Waals surface area contributed by atoms with E-state index < -0.39 is 5.91 Å². The van der Waals surface area contributed by atoms with Gasteiger partial charge in [-0.15, -0.1) is 11.3 Å². The van der Waals surface area contributed by atoms with Crippen LogP contribution in [0.25, 0.3) is 32.2 Å². The van der Waals surface area contributed by atoms with E-state index in [1.54, 1.807) is 17.4 Å². The topological polar surface area (TPSA) is 48.0 Å². The molecule has 1 amide bonds. The third-order valence-electron chi connectivity index (χ3n) is 5.19. The minimum Gasteiger partial charge on any atom is -0.366 e. The summed E-state index contributed by atoms with van der Waals surface area (Å²) in [6.07, 6.45) is 0. The van der Waals surface area contributed by atoms with E-state index >= 15 is 0 Å². The normalized spacial score (nSPS) is 11.3. The fourth-order valence-corrected chi connectivity index (χ4v) is 5.10. The molecular formula is C24H17BrN2OS. The van der Waals surface area contributed by atoms with Gasteiger partial charge in [-0.3, -0.25) is 4.79 Å². The lowest BCUT2D eigenvalue weighted by Gasteiger charge is -2.09. The van der Waals surface area contributed by atoms with Gasteiger partial charge in [0.05, 0.1) is 11.0 Å². The van der Waals surface area contributed by atoms with Crippen molar-refractivity contribution in [3.05, 3.63) is 93.8 Å². The maximum atomic E-state index is 12.1. The average Bonchev–Trinajstić information content (AvgIpc) is 3.35. The van der Waals surface area contributed by atoms with Gasteiger partial charge in [0.1, 0.15) is 0 Å². The number of thiophene rings is 1. The number of nitrogens with two attached hydrogens (primary N) is 1. The van der Waals surface area contributed by atoms with Crippen LogP contribution in [0.1, 0.15) is 15.9 Å². The Morgan fingerprint density at radius 3 is 2.59 bits per heavy atom. The van der Waals surface area contributed by atoms with E-state index in [-0.39, 0.29) is 0 Å². The van der Waals surface area contributed by atoms with Crippen molar-refractivity contribution in [2.24, 2.45) is 5.73 Å². The van der Waals surface area contributed by atoms with Crippen molar-refractivity contribution >= 4 is 55.0 Å². The largest absolute Gasteiger partial charge is 0.366 e. The fraction of sp³-hybridized carbons (Fsp3) is 0.0417. The second kappa shape index (κ2) is 7.17. The van der Waals surface area contributed by atoms with Crippen molar-refractivity contribution in [3.8, 4) is 10.4 Å². The lowest BCUT2D eigenvalue weighted by molar-refractivity contribution is 0.100. The zero-order chi connectivity index (χ0) is 20.0. The van der Waals surface area contributed by atoms with Crippen LogP contribution in [0.5, 0.6) is 0 Å². The molecule has 5 aromatic rings. The van der Waals surface area contributed by atoms with E-state index in [4.69, 9.17) is 5.73 Å². The first-order valence-electron chi connectivity index (χ1n) is 9.25. The first kappa shape index (κ1) is 18.2. The van der Waals surface area contributed by atoms with Crippen LogP contribution in [-0.2, 0) is 6.54 Å². The molecule has 142 valence electrons. The van der Waals surface area contributed by atoms with Gasteiger partial charge >= 0.3 is 0 Å². The fourth-order valence-electron chi connectivity index (χ4n) is 3.93. The number of amides is 1. The minimum absolute atomic E-state index is 0.403. The highest BCUT2D eigenvalue weighted by atomic mass is 79.9. The second-order valence-electron chi connectivity index (χ2n) is 6.99. The molecule has 0 atom stereocenters. The van der Waals surface area contributed by atoms with Gasteiger partial charge in [0.15, 0.2) is 0 Å². The van der Waals surface area contributed by atoms with Gasteiger partial charge in [0.2, 0.25) is 5.91 Å². The molecule has 0 saturated carbocycles. The number of carbonyl (C=O) groups excluding carboxylic acids is 1. The molecule has 0 saturated heterocycles. The molecule has 5 heteroatoms. The number of primary amides is 1. The van der Waals surface area contributed by atoms with E-state index in [1.165, 1.54) is 16.0 Å². The van der Waals surface area contributed by atoms with Gasteiger partial charge in [-0.25, -0.2) is 0 Å². The molecule has 2 heterocycles. The molecule has 0 unspecified atom stereocenters. The van der Waals surface area contributed by atoms with Crippen molar-refractivity contribution in [1.29, 1.82) is 0 Å². The van der Waals surface area contributed by atoms with Crippen molar-refractivity contribution in [1.82, 2.24) is 4.57 Å². The summed E-state index contributed by atoms with van der Waals surface area (Å²) in [5, 5.41) is 4.05. The number of carbonyl (C=O) groups is 1. The predicted molar refractivity (Wildman–Crippen MR) is 125 cm³/mol. The Morgan fingerprint density at radius 2 is 1.83 bits per heavy atom. The maximum absolute atomic E-state index is 12.1. The smallest absolute Gasteiger partial charge is 0.249 e. The number of halogens is 1.